The SMILES string of the molecule is O=C(c1ccc(F)cc1F)N1CCC(CCCl)C1. The summed E-state index contributed by atoms with van der Waals surface area (Å²) in [5.74, 6) is -0.900. The van der Waals surface area contributed by atoms with Gasteiger partial charge in [-0.25, -0.2) is 8.78 Å². The Morgan fingerprint density at radius 1 is 1.44 bits per heavy atom. The van der Waals surface area contributed by atoms with E-state index < -0.39 is 11.6 Å². The summed E-state index contributed by atoms with van der Waals surface area (Å²) in [6, 6.07) is 3.03. The quantitative estimate of drug-likeness (QED) is 0.775. The fourth-order valence-corrected chi connectivity index (χ4v) is 2.55. The van der Waals surface area contributed by atoms with Crippen LogP contribution in [0.15, 0.2) is 18.2 Å². The zero-order valence-corrected chi connectivity index (χ0v) is 10.6. The fraction of sp³-hybridized carbons (Fsp3) is 0.462. The van der Waals surface area contributed by atoms with Gasteiger partial charge in [0, 0.05) is 25.0 Å². The van der Waals surface area contributed by atoms with Crippen molar-refractivity contribution in [1.82, 2.24) is 4.90 Å². The van der Waals surface area contributed by atoms with E-state index in [1.807, 2.05) is 0 Å². The highest BCUT2D eigenvalue weighted by atomic mass is 35.5. The van der Waals surface area contributed by atoms with Crippen molar-refractivity contribution in [3.63, 3.8) is 0 Å². The van der Waals surface area contributed by atoms with Crippen molar-refractivity contribution in [1.29, 1.82) is 0 Å². The molecule has 1 unspecified atom stereocenters. The van der Waals surface area contributed by atoms with Gasteiger partial charge in [-0.1, -0.05) is 0 Å². The molecule has 1 saturated heterocycles. The van der Waals surface area contributed by atoms with Crippen LogP contribution in [-0.4, -0.2) is 29.8 Å². The molecular formula is C13H14ClF2NO. The zero-order valence-electron chi connectivity index (χ0n) is 9.83. The highest BCUT2D eigenvalue weighted by molar-refractivity contribution is 6.17. The zero-order chi connectivity index (χ0) is 13.1. The number of benzene rings is 1. The van der Waals surface area contributed by atoms with Gasteiger partial charge in [0.1, 0.15) is 11.6 Å². The van der Waals surface area contributed by atoms with Crippen LogP contribution in [0, 0.1) is 17.6 Å². The van der Waals surface area contributed by atoms with Crippen LogP contribution in [-0.2, 0) is 0 Å². The lowest BCUT2D eigenvalue weighted by atomic mass is 10.1. The van der Waals surface area contributed by atoms with E-state index in [1.165, 1.54) is 6.07 Å². The lowest BCUT2D eigenvalue weighted by Gasteiger charge is -2.16. The van der Waals surface area contributed by atoms with Gasteiger partial charge in [0.25, 0.3) is 5.91 Å². The Hall–Kier alpha value is -1.16. The summed E-state index contributed by atoms with van der Waals surface area (Å²) >= 11 is 5.66. The Balaban J connectivity index is 2.08. The highest BCUT2D eigenvalue weighted by Crippen LogP contribution is 2.22. The molecule has 0 saturated carbocycles. The maximum absolute atomic E-state index is 13.5. The summed E-state index contributed by atoms with van der Waals surface area (Å²) in [6.45, 7) is 1.21. The lowest BCUT2D eigenvalue weighted by molar-refractivity contribution is 0.0782. The van der Waals surface area contributed by atoms with E-state index in [0.29, 0.717) is 24.9 Å². The molecule has 1 aliphatic rings. The lowest BCUT2D eigenvalue weighted by Crippen LogP contribution is -2.29. The molecule has 2 rings (SSSR count). The summed E-state index contributed by atoms with van der Waals surface area (Å²) in [6.07, 6.45) is 1.75. The fourth-order valence-electron chi connectivity index (χ4n) is 2.24. The molecule has 0 spiro atoms. The van der Waals surface area contributed by atoms with E-state index in [4.69, 9.17) is 11.6 Å². The molecule has 0 bridgehead atoms. The van der Waals surface area contributed by atoms with E-state index in [2.05, 4.69) is 0 Å². The third-order valence-electron chi connectivity index (χ3n) is 3.25. The molecule has 1 aromatic carbocycles. The average Bonchev–Trinajstić information content (AvgIpc) is 2.77. The Labute approximate surface area is 110 Å². The molecule has 1 aliphatic heterocycles. The van der Waals surface area contributed by atoms with Crippen molar-refractivity contribution >= 4 is 17.5 Å². The predicted molar refractivity (Wildman–Crippen MR) is 65.7 cm³/mol. The number of halogens is 3. The van der Waals surface area contributed by atoms with Crippen molar-refractivity contribution in [2.24, 2.45) is 5.92 Å². The molecule has 1 atom stereocenters. The molecule has 18 heavy (non-hydrogen) atoms. The van der Waals surface area contributed by atoms with Crippen LogP contribution in [0.5, 0.6) is 0 Å². The Morgan fingerprint density at radius 2 is 2.22 bits per heavy atom. The van der Waals surface area contributed by atoms with Crippen LogP contribution < -0.4 is 0 Å². The molecule has 1 heterocycles. The van der Waals surface area contributed by atoms with E-state index in [0.717, 1.165) is 25.0 Å². The van der Waals surface area contributed by atoms with Gasteiger partial charge in [-0.15, -0.1) is 11.6 Å². The Kier molecular flexibility index (Phi) is 4.17. The number of carbonyl (C=O) groups is 1. The second-order valence-corrected chi connectivity index (χ2v) is 4.89. The normalized spacial score (nSPS) is 19.3. The minimum absolute atomic E-state index is 0.0667. The summed E-state index contributed by atoms with van der Waals surface area (Å²) in [5.41, 5.74) is -0.0667. The largest absolute Gasteiger partial charge is 0.338 e. The second kappa shape index (κ2) is 5.65. The molecule has 1 fully saturated rings. The van der Waals surface area contributed by atoms with Crippen LogP contribution in [0.4, 0.5) is 8.78 Å². The maximum Gasteiger partial charge on any atom is 0.256 e. The molecule has 98 valence electrons. The summed E-state index contributed by atoms with van der Waals surface area (Å²) in [5, 5.41) is 0. The standard InChI is InChI=1S/C13H14ClF2NO/c14-5-3-9-4-6-17(8-9)13(18)11-2-1-10(15)7-12(11)16/h1-2,7,9H,3-6,8H2. The maximum atomic E-state index is 13.5. The summed E-state index contributed by atoms with van der Waals surface area (Å²) in [7, 11) is 0. The first-order chi connectivity index (χ1) is 8.61. The highest BCUT2D eigenvalue weighted by Gasteiger charge is 2.27. The van der Waals surface area contributed by atoms with Gasteiger partial charge in [0.15, 0.2) is 0 Å². The number of amides is 1. The van der Waals surface area contributed by atoms with Crippen molar-refractivity contribution in [3.05, 3.63) is 35.4 Å². The van der Waals surface area contributed by atoms with Crippen LogP contribution in [0.3, 0.4) is 0 Å². The number of rotatable bonds is 3. The van der Waals surface area contributed by atoms with Crippen LogP contribution in [0.1, 0.15) is 23.2 Å². The molecule has 5 heteroatoms. The molecular weight excluding hydrogens is 260 g/mol. The van der Waals surface area contributed by atoms with Crippen LogP contribution >= 0.6 is 11.6 Å². The van der Waals surface area contributed by atoms with Gasteiger partial charge in [-0.2, -0.15) is 0 Å². The van der Waals surface area contributed by atoms with Gasteiger partial charge < -0.3 is 4.90 Å². The first kappa shape index (κ1) is 13.3. The molecule has 0 aromatic heterocycles. The first-order valence-electron chi connectivity index (χ1n) is 5.92. The molecule has 2 nitrogen and oxygen atoms in total. The molecule has 1 amide bonds. The van der Waals surface area contributed by atoms with Crippen LogP contribution in [0.25, 0.3) is 0 Å². The van der Waals surface area contributed by atoms with Gasteiger partial charge in [-0.3, -0.25) is 4.79 Å². The van der Waals surface area contributed by atoms with Gasteiger partial charge in [-0.05, 0) is 30.9 Å². The summed E-state index contributed by atoms with van der Waals surface area (Å²) < 4.78 is 26.3. The third kappa shape index (κ3) is 2.80. The Bertz CT molecular complexity index is 453. The van der Waals surface area contributed by atoms with Gasteiger partial charge >= 0.3 is 0 Å². The van der Waals surface area contributed by atoms with Gasteiger partial charge in [0.2, 0.25) is 0 Å². The Morgan fingerprint density at radius 3 is 2.89 bits per heavy atom. The second-order valence-electron chi connectivity index (χ2n) is 4.51. The number of nitrogens with zero attached hydrogens (tertiary/aromatic N) is 1. The topological polar surface area (TPSA) is 20.3 Å². The number of likely N-dealkylation sites (tertiary alicyclic amines) is 1. The van der Waals surface area contributed by atoms with Crippen molar-refractivity contribution < 1.29 is 13.6 Å². The monoisotopic (exact) mass is 273 g/mol. The average molecular weight is 274 g/mol. The molecule has 1 aromatic rings. The van der Waals surface area contributed by atoms with Crippen molar-refractivity contribution in [2.45, 2.75) is 12.8 Å². The smallest absolute Gasteiger partial charge is 0.256 e. The first-order valence-corrected chi connectivity index (χ1v) is 6.45. The van der Waals surface area contributed by atoms with Crippen molar-refractivity contribution in [2.75, 3.05) is 19.0 Å². The van der Waals surface area contributed by atoms with E-state index >= 15 is 0 Å². The molecule has 0 radical (unpaired) electrons. The minimum atomic E-state index is -0.805. The third-order valence-corrected chi connectivity index (χ3v) is 3.47. The molecule has 0 aliphatic carbocycles. The minimum Gasteiger partial charge on any atom is -0.338 e. The van der Waals surface area contributed by atoms with E-state index in [1.54, 1.807) is 4.90 Å². The summed E-state index contributed by atoms with van der Waals surface area (Å²) in [4.78, 5) is 13.7. The van der Waals surface area contributed by atoms with Gasteiger partial charge in [0.05, 0.1) is 5.56 Å². The van der Waals surface area contributed by atoms with E-state index in [-0.39, 0.29) is 11.5 Å². The number of hydrogen-bond acceptors (Lipinski definition) is 1. The van der Waals surface area contributed by atoms with Crippen LogP contribution in [0.2, 0.25) is 0 Å². The predicted octanol–water partition coefficient (Wildman–Crippen LogP) is 3.06. The number of carbonyl (C=O) groups excluding carboxylic acids is 1. The van der Waals surface area contributed by atoms with E-state index in [9.17, 15) is 13.6 Å². The number of alkyl halides is 1. The molecule has 0 N–H and O–H groups in total. The van der Waals surface area contributed by atoms with Crippen molar-refractivity contribution in [3.8, 4) is 0 Å². The number of hydrogen-bond donors (Lipinski definition) is 0.